The van der Waals surface area contributed by atoms with Crippen LogP contribution in [0, 0.1) is 5.92 Å². The van der Waals surface area contributed by atoms with Gasteiger partial charge in [-0.1, -0.05) is 51.1 Å². The number of nitrogens with zero attached hydrogens (tertiary/aromatic N) is 2. The van der Waals surface area contributed by atoms with E-state index in [0.29, 0.717) is 18.0 Å². The summed E-state index contributed by atoms with van der Waals surface area (Å²) in [6.45, 7) is 14.5. The van der Waals surface area contributed by atoms with Crippen molar-refractivity contribution in [3.05, 3.63) is 35.9 Å². The fourth-order valence-electron chi connectivity index (χ4n) is 3.28. The van der Waals surface area contributed by atoms with Crippen LogP contribution in [0.4, 0.5) is 0 Å². The van der Waals surface area contributed by atoms with Crippen LogP contribution in [0.2, 0.25) is 0 Å². The highest BCUT2D eigenvalue weighted by molar-refractivity contribution is 5.80. The molecule has 1 heterocycles. The molecule has 1 fully saturated rings. The number of rotatable bonds is 5. The molecule has 0 saturated carbocycles. The minimum Gasteiger partial charge on any atom is -0.356 e. The Morgan fingerprint density at radius 2 is 1.92 bits per heavy atom. The van der Waals surface area contributed by atoms with E-state index >= 15 is 0 Å². The number of benzene rings is 1. The zero-order valence-electron chi connectivity index (χ0n) is 16.1. The van der Waals surface area contributed by atoms with Gasteiger partial charge in [-0.05, 0) is 25.3 Å². The minimum absolute atomic E-state index is 0.0597. The van der Waals surface area contributed by atoms with Crippen LogP contribution in [0.5, 0.6) is 0 Å². The van der Waals surface area contributed by atoms with Crippen LogP contribution in [0.1, 0.15) is 40.2 Å². The molecule has 0 aromatic heterocycles. The molecule has 1 aliphatic rings. The van der Waals surface area contributed by atoms with Gasteiger partial charge in [-0.15, -0.1) is 0 Å². The zero-order chi connectivity index (χ0) is 17.7. The molecule has 4 nitrogen and oxygen atoms in total. The highest BCUT2D eigenvalue weighted by Gasteiger charge is 2.31. The molecule has 0 aliphatic carbocycles. The van der Waals surface area contributed by atoms with Crippen molar-refractivity contribution in [3.8, 4) is 0 Å². The maximum atomic E-state index is 4.43. The fraction of sp³-hybridized carbons (Fsp3) is 0.650. The third-order valence-corrected chi connectivity index (χ3v) is 5.17. The largest absolute Gasteiger partial charge is 0.356 e. The molecule has 0 radical (unpaired) electrons. The first-order chi connectivity index (χ1) is 11.3. The standard InChI is InChI=1S/C20H34N4/c1-15(2)24-12-16(3)18(13-24)23-19(21-6)22-14-20(4,5)17-10-8-7-9-11-17/h7-11,15-16,18H,12-14H2,1-6H3,(H2,21,22,23). The van der Waals surface area contributed by atoms with Gasteiger partial charge in [0.1, 0.15) is 0 Å². The number of hydrogen-bond donors (Lipinski definition) is 2. The van der Waals surface area contributed by atoms with Crippen molar-refractivity contribution in [2.75, 3.05) is 26.7 Å². The second-order valence-electron chi connectivity index (χ2n) is 7.95. The van der Waals surface area contributed by atoms with Gasteiger partial charge in [-0.3, -0.25) is 9.89 Å². The molecule has 2 unspecified atom stereocenters. The van der Waals surface area contributed by atoms with E-state index in [4.69, 9.17) is 0 Å². The lowest BCUT2D eigenvalue weighted by Crippen LogP contribution is -2.49. The van der Waals surface area contributed by atoms with Crippen LogP contribution in [0.25, 0.3) is 0 Å². The van der Waals surface area contributed by atoms with E-state index in [0.717, 1.165) is 25.6 Å². The first-order valence-corrected chi connectivity index (χ1v) is 9.10. The summed E-state index contributed by atoms with van der Waals surface area (Å²) in [7, 11) is 1.85. The lowest BCUT2D eigenvalue weighted by Gasteiger charge is -2.28. The molecule has 1 aromatic carbocycles. The normalized spacial score (nSPS) is 22.9. The van der Waals surface area contributed by atoms with Gasteiger partial charge in [0.15, 0.2) is 5.96 Å². The van der Waals surface area contributed by atoms with Crippen LogP contribution >= 0.6 is 0 Å². The van der Waals surface area contributed by atoms with Crippen molar-refractivity contribution in [2.45, 2.75) is 52.1 Å². The maximum absolute atomic E-state index is 4.43. The minimum atomic E-state index is 0.0597. The fourth-order valence-corrected chi connectivity index (χ4v) is 3.28. The molecule has 2 rings (SSSR count). The molecular formula is C20H34N4. The molecule has 1 aliphatic heterocycles. The zero-order valence-corrected chi connectivity index (χ0v) is 16.1. The van der Waals surface area contributed by atoms with Crippen molar-refractivity contribution < 1.29 is 0 Å². The molecule has 0 spiro atoms. The molecule has 0 amide bonds. The van der Waals surface area contributed by atoms with Gasteiger partial charge in [0.25, 0.3) is 0 Å². The highest BCUT2D eigenvalue weighted by Crippen LogP contribution is 2.22. The van der Waals surface area contributed by atoms with Crippen molar-refractivity contribution >= 4 is 5.96 Å². The summed E-state index contributed by atoms with van der Waals surface area (Å²) in [4.78, 5) is 6.96. The van der Waals surface area contributed by atoms with E-state index in [9.17, 15) is 0 Å². The summed E-state index contributed by atoms with van der Waals surface area (Å²) in [6, 6.07) is 11.7. The number of aliphatic imine (C=N–C) groups is 1. The van der Waals surface area contributed by atoms with E-state index in [2.05, 4.69) is 85.5 Å². The molecule has 4 heteroatoms. The lowest BCUT2D eigenvalue weighted by atomic mass is 9.85. The molecule has 2 N–H and O–H groups in total. The number of hydrogen-bond acceptors (Lipinski definition) is 2. The first-order valence-electron chi connectivity index (χ1n) is 9.10. The van der Waals surface area contributed by atoms with Crippen molar-refractivity contribution in [1.82, 2.24) is 15.5 Å². The molecule has 1 saturated heterocycles. The van der Waals surface area contributed by atoms with Gasteiger partial charge in [0, 0.05) is 44.2 Å². The Hall–Kier alpha value is -1.55. The summed E-state index contributed by atoms with van der Waals surface area (Å²) < 4.78 is 0. The van der Waals surface area contributed by atoms with Crippen molar-refractivity contribution in [1.29, 1.82) is 0 Å². The van der Waals surface area contributed by atoms with Crippen LogP contribution in [0.15, 0.2) is 35.3 Å². The average molecular weight is 331 g/mol. The Bertz CT molecular complexity index is 536. The molecule has 24 heavy (non-hydrogen) atoms. The number of guanidine groups is 1. The Labute approximate surface area is 147 Å². The monoisotopic (exact) mass is 330 g/mol. The summed E-state index contributed by atoms with van der Waals surface area (Å²) in [6.07, 6.45) is 0. The number of nitrogens with one attached hydrogen (secondary N) is 2. The molecule has 1 aromatic rings. The third-order valence-electron chi connectivity index (χ3n) is 5.17. The summed E-state index contributed by atoms with van der Waals surface area (Å²) in [5, 5.41) is 7.14. The summed E-state index contributed by atoms with van der Waals surface area (Å²) >= 11 is 0. The number of likely N-dealkylation sites (tertiary alicyclic amines) is 1. The predicted molar refractivity (Wildman–Crippen MR) is 104 cm³/mol. The van der Waals surface area contributed by atoms with Crippen LogP contribution in [0.3, 0.4) is 0 Å². The highest BCUT2D eigenvalue weighted by atomic mass is 15.3. The van der Waals surface area contributed by atoms with E-state index in [-0.39, 0.29) is 5.41 Å². The van der Waals surface area contributed by atoms with E-state index in [1.807, 2.05) is 7.05 Å². The molecule has 0 bridgehead atoms. The van der Waals surface area contributed by atoms with E-state index < -0.39 is 0 Å². The van der Waals surface area contributed by atoms with Crippen LogP contribution in [-0.4, -0.2) is 49.6 Å². The van der Waals surface area contributed by atoms with Gasteiger partial charge >= 0.3 is 0 Å². The van der Waals surface area contributed by atoms with Gasteiger partial charge in [0.2, 0.25) is 0 Å². The van der Waals surface area contributed by atoms with Crippen LogP contribution in [-0.2, 0) is 5.41 Å². The quantitative estimate of drug-likeness (QED) is 0.644. The average Bonchev–Trinajstić information content (AvgIpc) is 2.93. The van der Waals surface area contributed by atoms with Gasteiger partial charge in [0.05, 0.1) is 0 Å². The second kappa shape index (κ2) is 8.02. The lowest BCUT2D eigenvalue weighted by molar-refractivity contribution is 0.265. The topological polar surface area (TPSA) is 39.7 Å². The third kappa shape index (κ3) is 4.73. The Morgan fingerprint density at radius 3 is 2.46 bits per heavy atom. The van der Waals surface area contributed by atoms with Crippen molar-refractivity contribution in [3.63, 3.8) is 0 Å². The summed E-state index contributed by atoms with van der Waals surface area (Å²) in [5.74, 6) is 1.54. The van der Waals surface area contributed by atoms with Gasteiger partial charge in [-0.2, -0.15) is 0 Å². The smallest absolute Gasteiger partial charge is 0.191 e. The Balaban J connectivity index is 1.91. The van der Waals surface area contributed by atoms with E-state index in [1.54, 1.807) is 0 Å². The Morgan fingerprint density at radius 1 is 1.25 bits per heavy atom. The molecule has 2 atom stereocenters. The maximum Gasteiger partial charge on any atom is 0.191 e. The summed E-state index contributed by atoms with van der Waals surface area (Å²) in [5.41, 5.74) is 1.40. The van der Waals surface area contributed by atoms with Crippen LogP contribution < -0.4 is 10.6 Å². The Kier molecular flexibility index (Phi) is 6.27. The van der Waals surface area contributed by atoms with Crippen molar-refractivity contribution in [2.24, 2.45) is 10.9 Å². The predicted octanol–water partition coefficient (Wildman–Crippen LogP) is 2.86. The SMILES string of the molecule is CN=C(NCC(C)(C)c1ccccc1)NC1CN(C(C)C)CC1C. The second-order valence-corrected chi connectivity index (χ2v) is 7.95. The van der Waals surface area contributed by atoms with Gasteiger partial charge < -0.3 is 10.6 Å². The first kappa shape index (κ1) is 18.8. The molecular weight excluding hydrogens is 296 g/mol. The van der Waals surface area contributed by atoms with Gasteiger partial charge in [-0.25, -0.2) is 0 Å². The van der Waals surface area contributed by atoms with E-state index in [1.165, 1.54) is 5.56 Å². The molecule has 134 valence electrons.